The molecule has 0 atom stereocenters. The van der Waals surface area contributed by atoms with Crippen LogP contribution in [0.25, 0.3) is 5.57 Å². The average molecular weight is 330 g/mol. The number of nitrogens with one attached hydrogen (secondary N) is 1. The summed E-state index contributed by atoms with van der Waals surface area (Å²) in [5.74, 6) is 1.46. The number of carbonyl (C=O) groups is 1. The third-order valence-corrected chi connectivity index (χ3v) is 4.87. The van der Waals surface area contributed by atoms with Crippen LogP contribution in [0.2, 0.25) is 0 Å². The first-order valence-electron chi connectivity index (χ1n) is 8.77. The number of rotatable bonds is 4. The number of methoxy groups -OCH3 is 1. The van der Waals surface area contributed by atoms with E-state index >= 15 is 0 Å². The number of aryl methyl sites for hydroxylation is 1. The second-order valence-corrected chi connectivity index (χ2v) is 6.31. The lowest BCUT2D eigenvalue weighted by molar-refractivity contribution is 0.0934. The highest BCUT2D eigenvalue weighted by atomic mass is 16.6. The molecule has 5 heteroatoms. The van der Waals surface area contributed by atoms with E-state index in [9.17, 15) is 4.79 Å². The third kappa shape index (κ3) is 3.73. The summed E-state index contributed by atoms with van der Waals surface area (Å²) < 4.78 is 10.3. The van der Waals surface area contributed by atoms with E-state index in [4.69, 9.17) is 9.47 Å². The first-order valence-corrected chi connectivity index (χ1v) is 8.77. The Balaban J connectivity index is 1.65. The Bertz CT molecular complexity index is 619. The maximum absolute atomic E-state index is 11.5. The van der Waals surface area contributed by atoms with E-state index in [1.165, 1.54) is 16.7 Å². The van der Waals surface area contributed by atoms with Crippen LogP contribution < -0.4 is 10.2 Å². The molecule has 0 spiro atoms. The molecular formula is C19H26N2O3. The van der Waals surface area contributed by atoms with Crippen LogP contribution in [0.3, 0.4) is 0 Å². The normalized spacial score (nSPS) is 18.5. The molecule has 24 heavy (non-hydrogen) atoms. The molecule has 1 aliphatic carbocycles. The van der Waals surface area contributed by atoms with Crippen molar-refractivity contribution in [2.24, 2.45) is 5.92 Å². The van der Waals surface area contributed by atoms with E-state index in [1.807, 2.05) is 18.0 Å². The quantitative estimate of drug-likeness (QED) is 0.919. The van der Waals surface area contributed by atoms with E-state index in [1.54, 1.807) is 7.11 Å². The lowest BCUT2D eigenvalue weighted by atomic mass is 9.79. The van der Waals surface area contributed by atoms with Crippen molar-refractivity contribution >= 4 is 11.7 Å². The van der Waals surface area contributed by atoms with Crippen LogP contribution in [-0.2, 0) is 11.2 Å². The molecule has 1 heterocycles. The fraction of sp³-hybridized carbons (Fsp3) is 0.526. The highest BCUT2D eigenvalue weighted by Gasteiger charge is 2.26. The van der Waals surface area contributed by atoms with E-state index in [0.717, 1.165) is 44.5 Å². The van der Waals surface area contributed by atoms with Gasteiger partial charge < -0.3 is 9.47 Å². The lowest BCUT2D eigenvalue weighted by Gasteiger charge is -2.34. The van der Waals surface area contributed by atoms with E-state index < -0.39 is 0 Å². The van der Waals surface area contributed by atoms with Crippen molar-refractivity contribution in [3.63, 3.8) is 0 Å². The molecule has 1 aliphatic heterocycles. The van der Waals surface area contributed by atoms with Crippen molar-refractivity contribution in [1.29, 1.82) is 0 Å². The number of fused-ring (bicyclic) bond motifs is 1. The topological polar surface area (TPSA) is 50.8 Å². The lowest BCUT2D eigenvalue weighted by Crippen LogP contribution is -2.47. The summed E-state index contributed by atoms with van der Waals surface area (Å²) in [4.78, 5) is 11.5. The molecule has 3 rings (SSSR count). The maximum atomic E-state index is 11.5. The molecule has 0 unspecified atom stereocenters. The van der Waals surface area contributed by atoms with Gasteiger partial charge in [0.15, 0.2) is 0 Å². The van der Waals surface area contributed by atoms with Gasteiger partial charge in [-0.1, -0.05) is 12.1 Å². The summed E-state index contributed by atoms with van der Waals surface area (Å²) in [5, 5.41) is 1.96. The van der Waals surface area contributed by atoms with Gasteiger partial charge in [-0.2, -0.15) is 0 Å². The molecule has 1 amide bonds. The van der Waals surface area contributed by atoms with Crippen molar-refractivity contribution < 1.29 is 14.3 Å². The van der Waals surface area contributed by atoms with Crippen molar-refractivity contribution in [2.75, 3.05) is 26.8 Å². The number of hydrogen-bond donors (Lipinski definition) is 1. The predicted octanol–water partition coefficient (Wildman–Crippen LogP) is 3.40. The molecule has 2 aliphatic rings. The fourth-order valence-electron chi connectivity index (χ4n) is 3.64. The molecule has 5 nitrogen and oxygen atoms in total. The molecule has 1 fully saturated rings. The van der Waals surface area contributed by atoms with Gasteiger partial charge in [0.1, 0.15) is 5.75 Å². The van der Waals surface area contributed by atoms with Crippen molar-refractivity contribution in [1.82, 2.24) is 10.4 Å². The second kappa shape index (κ2) is 7.71. The molecule has 0 radical (unpaired) electrons. The number of ether oxygens (including phenoxy) is 2. The van der Waals surface area contributed by atoms with Gasteiger partial charge >= 0.3 is 6.09 Å². The highest BCUT2D eigenvalue weighted by molar-refractivity contribution is 5.73. The third-order valence-electron chi connectivity index (χ3n) is 4.87. The van der Waals surface area contributed by atoms with Crippen LogP contribution >= 0.6 is 0 Å². The highest BCUT2D eigenvalue weighted by Crippen LogP contribution is 2.38. The Kier molecular flexibility index (Phi) is 5.41. The van der Waals surface area contributed by atoms with Crippen LogP contribution in [0.5, 0.6) is 5.75 Å². The molecule has 1 saturated heterocycles. The molecule has 0 bridgehead atoms. The van der Waals surface area contributed by atoms with Gasteiger partial charge in [-0.05, 0) is 67.4 Å². The number of hydrazine groups is 1. The Morgan fingerprint density at radius 3 is 2.83 bits per heavy atom. The van der Waals surface area contributed by atoms with Gasteiger partial charge in [0.25, 0.3) is 0 Å². The van der Waals surface area contributed by atoms with E-state index in [-0.39, 0.29) is 6.09 Å². The molecule has 1 aromatic rings. The minimum atomic E-state index is -0.358. The Hall–Kier alpha value is -2.01. The van der Waals surface area contributed by atoms with Crippen LogP contribution in [0.15, 0.2) is 24.3 Å². The number of nitrogens with zero attached hydrogens (tertiary/aromatic N) is 1. The molecule has 0 aromatic heterocycles. The number of allylic oxidation sites excluding steroid dienone is 2. The monoisotopic (exact) mass is 330 g/mol. The Labute approximate surface area is 143 Å². The fourth-order valence-corrected chi connectivity index (χ4v) is 3.64. The van der Waals surface area contributed by atoms with Crippen molar-refractivity contribution in [2.45, 2.75) is 32.6 Å². The van der Waals surface area contributed by atoms with Gasteiger partial charge in [0.2, 0.25) is 0 Å². The summed E-state index contributed by atoms with van der Waals surface area (Å²) in [7, 11) is 1.72. The molecule has 1 N–H and O–H groups in total. The zero-order valence-electron chi connectivity index (χ0n) is 14.5. The Morgan fingerprint density at radius 2 is 2.12 bits per heavy atom. The van der Waals surface area contributed by atoms with Gasteiger partial charge in [0, 0.05) is 13.1 Å². The van der Waals surface area contributed by atoms with E-state index in [0.29, 0.717) is 12.5 Å². The summed E-state index contributed by atoms with van der Waals surface area (Å²) in [6.07, 6.45) is 6.31. The first kappa shape index (κ1) is 16.8. The number of piperidine rings is 1. The van der Waals surface area contributed by atoms with Crippen LogP contribution in [-0.4, -0.2) is 37.9 Å². The summed E-state index contributed by atoms with van der Waals surface area (Å²) in [6, 6.07) is 6.41. The van der Waals surface area contributed by atoms with Gasteiger partial charge in [0.05, 0.1) is 13.7 Å². The standard InChI is InChI=1S/C19H26N2O3/c1-3-24-19(22)20-21-11-9-15(10-12-21)17-6-4-5-14-7-8-16(23-2)13-18(14)17/h6-8,13,15H,3-5,9-12H2,1-2H3,(H,20,22). The average Bonchev–Trinajstić information content (AvgIpc) is 2.61. The molecular weight excluding hydrogens is 304 g/mol. The molecule has 1 aromatic carbocycles. The number of benzene rings is 1. The SMILES string of the molecule is CCOC(=O)NN1CCC(C2=CCCc3ccc(OC)cc32)CC1. The van der Waals surface area contributed by atoms with Crippen LogP contribution in [0.1, 0.15) is 37.3 Å². The van der Waals surface area contributed by atoms with Crippen LogP contribution in [0, 0.1) is 5.92 Å². The summed E-state index contributed by atoms with van der Waals surface area (Å²) in [5.41, 5.74) is 7.03. The predicted molar refractivity (Wildman–Crippen MR) is 93.7 cm³/mol. The number of amides is 1. The maximum Gasteiger partial charge on any atom is 0.421 e. The smallest absolute Gasteiger partial charge is 0.421 e. The van der Waals surface area contributed by atoms with Crippen molar-refractivity contribution in [3.05, 3.63) is 35.4 Å². The summed E-state index contributed by atoms with van der Waals surface area (Å²) >= 11 is 0. The first-order chi connectivity index (χ1) is 11.7. The number of carbonyl (C=O) groups excluding carboxylic acids is 1. The Morgan fingerprint density at radius 1 is 1.33 bits per heavy atom. The molecule has 0 saturated carbocycles. The largest absolute Gasteiger partial charge is 0.497 e. The summed E-state index contributed by atoms with van der Waals surface area (Å²) in [6.45, 7) is 3.90. The van der Waals surface area contributed by atoms with Gasteiger partial charge in [-0.3, -0.25) is 5.43 Å². The number of hydrogen-bond acceptors (Lipinski definition) is 4. The van der Waals surface area contributed by atoms with Crippen molar-refractivity contribution in [3.8, 4) is 5.75 Å². The van der Waals surface area contributed by atoms with E-state index in [2.05, 4.69) is 23.6 Å². The minimum Gasteiger partial charge on any atom is -0.497 e. The van der Waals surface area contributed by atoms with Gasteiger partial charge in [-0.25, -0.2) is 9.80 Å². The van der Waals surface area contributed by atoms with Crippen LogP contribution in [0.4, 0.5) is 4.79 Å². The molecule has 130 valence electrons. The van der Waals surface area contributed by atoms with Gasteiger partial charge in [-0.15, -0.1) is 0 Å². The minimum absolute atomic E-state index is 0.358. The zero-order valence-corrected chi connectivity index (χ0v) is 14.5. The second-order valence-electron chi connectivity index (χ2n) is 6.31. The zero-order chi connectivity index (χ0) is 16.9.